The standard InChI is InChI=1S/C18H33N5O7S/c1-9(2)14(20)17(28)21-10(4-5-13(19)25)15(26)23-12(8-24)16(27)22-11(18(29)30)6-7-31-3/h9-12,14,24H,4-8,20H2,1-3H3,(H2,19,25)(H,21,28)(H,22,27)(H,23,26)(H,29,30). The molecule has 178 valence electrons. The largest absolute Gasteiger partial charge is 0.480 e. The van der Waals surface area contributed by atoms with Gasteiger partial charge in [0.25, 0.3) is 0 Å². The second-order valence-corrected chi connectivity index (χ2v) is 8.25. The average Bonchev–Trinajstić information content (AvgIpc) is 2.70. The van der Waals surface area contributed by atoms with Crippen LogP contribution in [0.15, 0.2) is 0 Å². The number of hydrogen-bond acceptors (Lipinski definition) is 8. The zero-order valence-electron chi connectivity index (χ0n) is 17.9. The van der Waals surface area contributed by atoms with Crippen molar-refractivity contribution in [3.63, 3.8) is 0 Å². The third kappa shape index (κ3) is 11.0. The van der Waals surface area contributed by atoms with Crippen LogP contribution in [0.25, 0.3) is 0 Å². The molecule has 0 aromatic carbocycles. The molecule has 0 aliphatic rings. The SMILES string of the molecule is CSCCC(NC(=O)C(CO)NC(=O)C(CCC(N)=O)NC(=O)C(N)C(C)C)C(=O)O. The summed E-state index contributed by atoms with van der Waals surface area (Å²) in [5.74, 6) is -4.07. The predicted octanol–water partition coefficient (Wildman–Crippen LogP) is -2.48. The molecule has 12 nitrogen and oxygen atoms in total. The fourth-order valence-corrected chi connectivity index (χ4v) is 2.83. The molecular weight excluding hydrogens is 430 g/mol. The van der Waals surface area contributed by atoms with Crippen molar-refractivity contribution in [2.45, 2.75) is 57.3 Å². The molecule has 0 saturated heterocycles. The molecule has 0 bridgehead atoms. The van der Waals surface area contributed by atoms with E-state index in [1.807, 2.05) is 0 Å². The van der Waals surface area contributed by atoms with Gasteiger partial charge in [-0.2, -0.15) is 11.8 Å². The average molecular weight is 464 g/mol. The smallest absolute Gasteiger partial charge is 0.326 e. The number of hydrogen-bond donors (Lipinski definition) is 7. The first-order valence-electron chi connectivity index (χ1n) is 9.72. The first kappa shape index (κ1) is 28.6. The van der Waals surface area contributed by atoms with Gasteiger partial charge in [-0.15, -0.1) is 0 Å². The first-order valence-corrected chi connectivity index (χ1v) is 11.1. The number of carboxylic acid groups (broad SMARTS) is 1. The molecule has 0 aromatic heterocycles. The quantitative estimate of drug-likeness (QED) is 0.137. The topological polar surface area (TPSA) is 214 Å². The highest BCUT2D eigenvalue weighted by Gasteiger charge is 2.30. The highest BCUT2D eigenvalue weighted by Crippen LogP contribution is 2.04. The predicted molar refractivity (Wildman–Crippen MR) is 115 cm³/mol. The normalized spacial score (nSPS) is 14.8. The van der Waals surface area contributed by atoms with Crippen LogP contribution in [0.5, 0.6) is 0 Å². The molecule has 0 fully saturated rings. The summed E-state index contributed by atoms with van der Waals surface area (Å²) in [6, 6.07) is -4.80. The van der Waals surface area contributed by atoms with E-state index in [9.17, 15) is 34.2 Å². The third-order valence-electron chi connectivity index (χ3n) is 4.37. The Morgan fingerprint density at radius 3 is 1.87 bits per heavy atom. The van der Waals surface area contributed by atoms with Crippen molar-refractivity contribution in [3.05, 3.63) is 0 Å². The van der Waals surface area contributed by atoms with Crippen molar-refractivity contribution in [1.82, 2.24) is 16.0 Å². The van der Waals surface area contributed by atoms with E-state index in [2.05, 4.69) is 16.0 Å². The van der Waals surface area contributed by atoms with Crippen molar-refractivity contribution in [2.24, 2.45) is 17.4 Å². The number of thioether (sulfide) groups is 1. The summed E-state index contributed by atoms with van der Waals surface area (Å²) in [6.45, 7) is 2.62. The molecule has 0 saturated carbocycles. The number of amides is 4. The molecule has 4 amide bonds. The minimum Gasteiger partial charge on any atom is -0.480 e. The van der Waals surface area contributed by atoms with Crippen LogP contribution in [0.4, 0.5) is 0 Å². The molecule has 9 N–H and O–H groups in total. The van der Waals surface area contributed by atoms with Gasteiger partial charge >= 0.3 is 5.97 Å². The van der Waals surface area contributed by atoms with E-state index in [-0.39, 0.29) is 25.2 Å². The van der Waals surface area contributed by atoms with Gasteiger partial charge in [-0.25, -0.2) is 4.79 Å². The van der Waals surface area contributed by atoms with E-state index in [0.29, 0.717) is 5.75 Å². The zero-order chi connectivity index (χ0) is 24.1. The van der Waals surface area contributed by atoms with Gasteiger partial charge in [-0.3, -0.25) is 19.2 Å². The van der Waals surface area contributed by atoms with Crippen LogP contribution in [0.2, 0.25) is 0 Å². The van der Waals surface area contributed by atoms with E-state index >= 15 is 0 Å². The summed E-state index contributed by atoms with van der Waals surface area (Å²) in [6.07, 6.45) is 1.56. The highest BCUT2D eigenvalue weighted by atomic mass is 32.2. The Labute approximate surface area is 185 Å². The molecule has 0 radical (unpaired) electrons. The van der Waals surface area contributed by atoms with Crippen LogP contribution in [0.3, 0.4) is 0 Å². The van der Waals surface area contributed by atoms with Crippen LogP contribution >= 0.6 is 11.8 Å². The Balaban J connectivity index is 5.26. The van der Waals surface area contributed by atoms with Crippen molar-refractivity contribution < 1.29 is 34.2 Å². The monoisotopic (exact) mass is 463 g/mol. The second kappa shape index (κ2) is 14.6. The fraction of sp³-hybridized carbons (Fsp3) is 0.722. The van der Waals surface area contributed by atoms with E-state index in [1.165, 1.54) is 11.8 Å². The molecule has 13 heteroatoms. The van der Waals surface area contributed by atoms with Crippen LogP contribution in [-0.4, -0.2) is 82.6 Å². The number of aliphatic hydroxyl groups excluding tert-OH is 1. The Morgan fingerprint density at radius 2 is 1.42 bits per heavy atom. The summed E-state index contributed by atoms with van der Waals surface area (Å²) >= 11 is 1.40. The van der Waals surface area contributed by atoms with Crippen LogP contribution in [0, 0.1) is 5.92 Å². The molecular formula is C18H33N5O7S. The molecule has 4 unspecified atom stereocenters. The van der Waals surface area contributed by atoms with E-state index in [1.54, 1.807) is 20.1 Å². The fourth-order valence-electron chi connectivity index (χ4n) is 2.36. The molecule has 0 heterocycles. The molecule has 0 aliphatic carbocycles. The summed E-state index contributed by atoms with van der Waals surface area (Å²) in [5, 5.41) is 25.7. The lowest BCUT2D eigenvalue weighted by molar-refractivity contribution is -0.142. The summed E-state index contributed by atoms with van der Waals surface area (Å²) in [4.78, 5) is 59.6. The number of aliphatic hydroxyl groups is 1. The number of carbonyl (C=O) groups excluding carboxylic acids is 4. The van der Waals surface area contributed by atoms with Crippen molar-refractivity contribution in [2.75, 3.05) is 18.6 Å². The maximum atomic E-state index is 12.6. The summed E-state index contributed by atoms with van der Waals surface area (Å²) in [5.41, 5.74) is 10.9. The number of primary amides is 1. The van der Waals surface area contributed by atoms with E-state index < -0.39 is 60.4 Å². The van der Waals surface area contributed by atoms with Crippen LogP contribution in [-0.2, 0) is 24.0 Å². The lowest BCUT2D eigenvalue weighted by Crippen LogP contribution is -2.58. The number of carbonyl (C=O) groups is 5. The maximum absolute atomic E-state index is 12.6. The van der Waals surface area contributed by atoms with Gasteiger partial charge < -0.3 is 37.6 Å². The van der Waals surface area contributed by atoms with E-state index in [4.69, 9.17) is 11.5 Å². The minimum absolute atomic E-state index is 0.150. The Morgan fingerprint density at radius 1 is 0.903 bits per heavy atom. The molecule has 0 aromatic rings. The van der Waals surface area contributed by atoms with Gasteiger partial charge in [0.2, 0.25) is 23.6 Å². The number of carboxylic acids is 1. The lowest BCUT2D eigenvalue weighted by atomic mass is 10.0. The molecule has 4 atom stereocenters. The number of rotatable bonds is 15. The van der Waals surface area contributed by atoms with Gasteiger partial charge in [0.1, 0.15) is 18.1 Å². The van der Waals surface area contributed by atoms with E-state index in [0.717, 1.165) is 0 Å². The highest BCUT2D eigenvalue weighted by molar-refractivity contribution is 7.98. The summed E-state index contributed by atoms with van der Waals surface area (Å²) < 4.78 is 0. The number of nitrogens with two attached hydrogens (primary N) is 2. The van der Waals surface area contributed by atoms with Gasteiger partial charge in [0, 0.05) is 6.42 Å². The number of nitrogens with one attached hydrogen (secondary N) is 3. The Bertz CT molecular complexity index is 647. The van der Waals surface area contributed by atoms with Gasteiger partial charge in [-0.1, -0.05) is 13.8 Å². The molecule has 0 spiro atoms. The van der Waals surface area contributed by atoms with Crippen molar-refractivity contribution in [3.8, 4) is 0 Å². The zero-order valence-corrected chi connectivity index (χ0v) is 18.7. The van der Waals surface area contributed by atoms with Crippen LogP contribution in [0.1, 0.15) is 33.1 Å². The van der Waals surface area contributed by atoms with Crippen molar-refractivity contribution >= 4 is 41.4 Å². The van der Waals surface area contributed by atoms with Gasteiger partial charge in [-0.05, 0) is 30.8 Å². The number of aliphatic carboxylic acids is 1. The molecule has 0 aliphatic heterocycles. The van der Waals surface area contributed by atoms with Gasteiger partial charge in [0.15, 0.2) is 0 Å². The Kier molecular flexibility index (Phi) is 13.5. The second-order valence-electron chi connectivity index (χ2n) is 7.26. The Hall–Kier alpha value is -2.38. The molecule has 0 rings (SSSR count). The van der Waals surface area contributed by atoms with Crippen molar-refractivity contribution in [1.29, 1.82) is 0 Å². The minimum atomic E-state index is -1.46. The van der Waals surface area contributed by atoms with Crippen LogP contribution < -0.4 is 27.4 Å². The molecule has 31 heavy (non-hydrogen) atoms. The van der Waals surface area contributed by atoms with Gasteiger partial charge in [0.05, 0.1) is 12.6 Å². The maximum Gasteiger partial charge on any atom is 0.326 e. The first-order chi connectivity index (χ1) is 14.4. The lowest BCUT2D eigenvalue weighted by Gasteiger charge is -2.24. The third-order valence-corrected chi connectivity index (χ3v) is 5.02. The summed E-state index contributed by atoms with van der Waals surface area (Å²) in [7, 11) is 0.